The fourth-order valence-corrected chi connectivity index (χ4v) is 9.63. The van der Waals surface area contributed by atoms with Crippen molar-refractivity contribution < 1.29 is 4.74 Å². The predicted octanol–water partition coefficient (Wildman–Crippen LogP) is 11.9. The van der Waals surface area contributed by atoms with Gasteiger partial charge in [-0.1, -0.05) is 127 Å². The van der Waals surface area contributed by atoms with Gasteiger partial charge in [0.05, 0.1) is 5.41 Å². The molecule has 0 bridgehead atoms. The highest BCUT2D eigenvalue weighted by Crippen LogP contribution is 2.62. The topological polar surface area (TPSA) is 47.9 Å². The van der Waals surface area contributed by atoms with E-state index in [0.717, 1.165) is 90.6 Å². The summed E-state index contributed by atoms with van der Waals surface area (Å²) < 4.78 is 6.73. The zero-order chi connectivity index (χ0) is 35.6. The number of rotatable bonds is 4. The maximum absolute atomic E-state index is 6.73. The monoisotopic (exact) mass is 697 g/mol. The Balaban J connectivity index is 1.02. The van der Waals surface area contributed by atoms with Crippen molar-refractivity contribution in [2.45, 2.75) is 56.3 Å². The molecule has 0 N–H and O–H groups in total. The van der Waals surface area contributed by atoms with Crippen molar-refractivity contribution in [1.29, 1.82) is 0 Å². The Morgan fingerprint density at radius 1 is 0.593 bits per heavy atom. The molecule has 0 saturated heterocycles. The predicted molar refractivity (Wildman–Crippen MR) is 217 cm³/mol. The zero-order valence-corrected chi connectivity index (χ0v) is 30.1. The van der Waals surface area contributed by atoms with Gasteiger partial charge in [-0.05, 0) is 108 Å². The van der Waals surface area contributed by atoms with E-state index in [4.69, 9.17) is 19.7 Å². The van der Waals surface area contributed by atoms with Gasteiger partial charge < -0.3 is 4.74 Å². The molecule has 0 saturated carbocycles. The molecule has 5 aromatic rings. The van der Waals surface area contributed by atoms with Gasteiger partial charge >= 0.3 is 0 Å². The lowest BCUT2D eigenvalue weighted by molar-refractivity contribution is 0.383. The first-order chi connectivity index (χ1) is 26.8. The van der Waals surface area contributed by atoms with E-state index in [1.165, 1.54) is 50.1 Å². The third-order valence-electron chi connectivity index (χ3n) is 12.1. The Morgan fingerprint density at radius 2 is 1.33 bits per heavy atom. The third kappa shape index (κ3) is 4.79. The van der Waals surface area contributed by atoms with E-state index < -0.39 is 5.41 Å². The standard InChI is InChI=1S/C50H39N3O/c1-2-14-34(15-3-1)47-51-48(53-49(52-47)40-20-12-16-33-13-4-5-17-37(33)40)35-27-25-32(26-28-35)36-29-30-46-44(31-36)50(43-23-10-11-24-45(43)54-46)41-21-8-6-18-38(41)39-19-7-9-22-42(39)50/h1-4,6-9,13-14,16,18-19,21-31,34H,5,10-12,15,17,20H2. The second-order valence-electron chi connectivity index (χ2n) is 15.1. The lowest BCUT2D eigenvalue weighted by Crippen LogP contribution is -2.36. The van der Waals surface area contributed by atoms with Gasteiger partial charge in [-0.25, -0.2) is 15.0 Å². The van der Waals surface area contributed by atoms with Gasteiger partial charge in [-0.15, -0.1) is 0 Å². The highest BCUT2D eigenvalue weighted by atomic mass is 16.5. The summed E-state index contributed by atoms with van der Waals surface area (Å²) in [5.74, 6) is 4.47. The minimum absolute atomic E-state index is 0.135. The Bertz CT molecular complexity index is 2570. The van der Waals surface area contributed by atoms with Crippen molar-refractivity contribution in [3.63, 3.8) is 0 Å². The third-order valence-corrected chi connectivity index (χ3v) is 12.1. The lowest BCUT2D eigenvalue weighted by atomic mass is 9.64. The molecule has 0 fully saturated rings. The van der Waals surface area contributed by atoms with E-state index >= 15 is 0 Å². The van der Waals surface area contributed by atoms with Crippen molar-refractivity contribution in [2.75, 3.05) is 0 Å². The first kappa shape index (κ1) is 31.4. The molecule has 0 radical (unpaired) electrons. The molecule has 4 nitrogen and oxygen atoms in total. The number of benzene rings is 4. The minimum Gasteiger partial charge on any atom is -0.457 e. The van der Waals surface area contributed by atoms with Crippen LogP contribution in [0.2, 0.25) is 0 Å². The average Bonchev–Trinajstić information content (AvgIpc) is 3.54. The zero-order valence-electron chi connectivity index (χ0n) is 30.1. The Kier molecular flexibility index (Phi) is 7.26. The molecule has 260 valence electrons. The lowest BCUT2D eigenvalue weighted by Gasteiger charge is -2.42. The van der Waals surface area contributed by atoms with Gasteiger partial charge in [0.2, 0.25) is 0 Å². The number of fused-ring (bicyclic) bond motifs is 10. The van der Waals surface area contributed by atoms with Crippen LogP contribution in [0.15, 0.2) is 168 Å². The minimum atomic E-state index is -0.443. The molecule has 4 heteroatoms. The van der Waals surface area contributed by atoms with Crippen LogP contribution < -0.4 is 4.74 Å². The van der Waals surface area contributed by atoms with Crippen LogP contribution in [0.3, 0.4) is 0 Å². The SMILES string of the molecule is C1=CCC(c2nc(C3=C4CCC=CC4=CCC3)nc(-c3ccc(-c4ccc5c(c4)C4(C6=CCCC=C6O5)c5ccccc5-c5ccccc54)cc3)n2)C=C1. The van der Waals surface area contributed by atoms with Crippen molar-refractivity contribution in [3.8, 4) is 39.4 Å². The van der Waals surface area contributed by atoms with Crippen LogP contribution in [0.4, 0.5) is 0 Å². The summed E-state index contributed by atoms with van der Waals surface area (Å²) in [5.41, 5.74) is 14.6. The maximum Gasteiger partial charge on any atom is 0.163 e. The number of ether oxygens (including phenoxy) is 1. The van der Waals surface area contributed by atoms with Crippen molar-refractivity contribution in [1.82, 2.24) is 15.0 Å². The number of hydrogen-bond acceptors (Lipinski definition) is 4. The van der Waals surface area contributed by atoms with E-state index in [1.807, 2.05) is 0 Å². The van der Waals surface area contributed by atoms with E-state index in [-0.39, 0.29) is 5.92 Å². The van der Waals surface area contributed by atoms with Crippen LogP contribution in [-0.2, 0) is 5.41 Å². The molecular weight excluding hydrogens is 659 g/mol. The van der Waals surface area contributed by atoms with E-state index in [0.29, 0.717) is 0 Å². The van der Waals surface area contributed by atoms with Crippen molar-refractivity contribution in [3.05, 3.63) is 196 Å². The summed E-state index contributed by atoms with van der Waals surface area (Å²) in [6, 6.07) is 33.4. The summed E-state index contributed by atoms with van der Waals surface area (Å²) in [6.07, 6.45) is 27.2. The van der Waals surface area contributed by atoms with Crippen LogP contribution in [0.5, 0.6) is 5.75 Å². The highest BCUT2D eigenvalue weighted by molar-refractivity contribution is 5.89. The van der Waals surface area contributed by atoms with E-state index in [1.54, 1.807) is 0 Å². The quantitative estimate of drug-likeness (QED) is 0.188. The molecule has 1 aliphatic heterocycles. The van der Waals surface area contributed by atoms with Crippen molar-refractivity contribution in [2.24, 2.45) is 0 Å². The summed E-state index contributed by atoms with van der Waals surface area (Å²) in [7, 11) is 0. The largest absolute Gasteiger partial charge is 0.457 e. The Hall–Kier alpha value is -6.13. The van der Waals surface area contributed by atoms with Gasteiger partial charge in [0, 0.05) is 28.2 Å². The molecule has 11 rings (SSSR count). The average molecular weight is 698 g/mol. The fourth-order valence-electron chi connectivity index (χ4n) is 9.63. The van der Waals surface area contributed by atoms with Crippen molar-refractivity contribution >= 4 is 5.57 Å². The van der Waals surface area contributed by atoms with Gasteiger partial charge in [0.25, 0.3) is 0 Å². The van der Waals surface area contributed by atoms with E-state index in [2.05, 4.69) is 146 Å². The molecule has 1 unspecified atom stereocenters. The molecule has 2 heterocycles. The summed E-state index contributed by atoms with van der Waals surface area (Å²) in [6.45, 7) is 0. The summed E-state index contributed by atoms with van der Waals surface area (Å²) in [4.78, 5) is 15.5. The Morgan fingerprint density at radius 3 is 2.15 bits per heavy atom. The molecule has 4 aromatic carbocycles. The second kappa shape index (κ2) is 12.5. The number of hydrogen-bond donors (Lipinski definition) is 0. The molecule has 1 atom stereocenters. The normalized spacial score (nSPS) is 19.9. The molecule has 0 amide bonds. The molecule has 1 spiro atoms. The molecule has 5 aliphatic carbocycles. The Labute approximate surface area is 316 Å². The van der Waals surface area contributed by atoms with Gasteiger partial charge in [0.1, 0.15) is 17.3 Å². The van der Waals surface area contributed by atoms with Gasteiger partial charge in [0.15, 0.2) is 11.6 Å². The van der Waals surface area contributed by atoms with Crippen LogP contribution in [-0.4, -0.2) is 15.0 Å². The molecule has 1 aromatic heterocycles. The number of nitrogens with zero attached hydrogens (tertiary/aromatic N) is 3. The van der Waals surface area contributed by atoms with E-state index in [9.17, 15) is 0 Å². The molecule has 54 heavy (non-hydrogen) atoms. The van der Waals surface area contributed by atoms with Gasteiger partial charge in [-0.3, -0.25) is 0 Å². The molecule has 6 aliphatic rings. The molecular formula is C50H39N3O. The first-order valence-electron chi connectivity index (χ1n) is 19.5. The van der Waals surface area contributed by atoms with Crippen LogP contribution in [0.1, 0.15) is 79.2 Å². The summed E-state index contributed by atoms with van der Waals surface area (Å²) in [5, 5.41) is 0. The first-order valence-corrected chi connectivity index (χ1v) is 19.5. The maximum atomic E-state index is 6.73. The smallest absolute Gasteiger partial charge is 0.163 e. The highest BCUT2D eigenvalue weighted by Gasteiger charge is 2.52. The van der Waals surface area contributed by atoms with Crippen LogP contribution in [0, 0.1) is 0 Å². The summed E-state index contributed by atoms with van der Waals surface area (Å²) >= 11 is 0. The number of aromatic nitrogens is 3. The van der Waals surface area contributed by atoms with Crippen LogP contribution in [0.25, 0.3) is 39.2 Å². The fraction of sp³-hybridized carbons (Fsp3) is 0.180. The van der Waals surface area contributed by atoms with Crippen LogP contribution >= 0.6 is 0 Å². The van der Waals surface area contributed by atoms with Gasteiger partial charge in [-0.2, -0.15) is 0 Å². The second-order valence-corrected chi connectivity index (χ2v) is 15.1. The number of allylic oxidation sites excluding steroid dienone is 13.